The minimum atomic E-state index is -2.97. The van der Waals surface area contributed by atoms with Crippen LogP contribution in [0.15, 0.2) is 0 Å². The smallest absolute Gasteiger partial charge is 0.550 e. The molecule has 0 heterocycles. The number of nitrogens with two attached hydrogens (primary N) is 1. The number of aliphatic hydroxyl groups is 2. The number of carbonyl (C=O) groups is 7. The Hall–Kier alpha value is -0.990. The second-order valence-corrected chi connectivity index (χ2v) is 5.65. The molecule has 0 aliphatic rings. The second kappa shape index (κ2) is 23.4. The van der Waals surface area contributed by atoms with Gasteiger partial charge in [-0.1, -0.05) is 0 Å². The van der Waals surface area contributed by atoms with Crippen LogP contribution in [0.1, 0.15) is 32.6 Å². The van der Waals surface area contributed by atoms with Gasteiger partial charge in [0, 0.05) is 24.8 Å². The van der Waals surface area contributed by atoms with Crippen LogP contribution < -0.4 is 110 Å². The molecule has 0 unspecified atom stereocenters. The topological polar surface area (TPSA) is 325 Å². The van der Waals surface area contributed by atoms with E-state index in [2.05, 4.69) is 10.5 Å². The number of hydrogen-bond donors (Lipinski definition) is 6. The quantitative estimate of drug-likeness (QED) is 0.133. The third-order valence-corrected chi connectivity index (χ3v) is 2.83. The third kappa shape index (κ3) is 27.4. The molecule has 0 saturated heterocycles. The van der Waals surface area contributed by atoms with Gasteiger partial charge in [-0.2, -0.15) is 0 Å². The van der Waals surface area contributed by atoms with E-state index in [1.165, 1.54) is 0 Å². The molecule has 0 saturated carbocycles. The molecule has 0 atom stereocenters. The summed E-state index contributed by atoms with van der Waals surface area (Å²) in [4.78, 5) is 70.1. The van der Waals surface area contributed by atoms with Gasteiger partial charge in [-0.3, -0.25) is 9.59 Å². The molecule has 184 valence electrons. The maximum atomic E-state index is 10.3. The fourth-order valence-electron chi connectivity index (χ4n) is 1.54. The summed E-state index contributed by atoms with van der Waals surface area (Å²) in [5, 5.41) is 72.7. The molecule has 7 N–H and O–H groups in total. The Morgan fingerprint density at radius 3 is 1.14 bits per heavy atom. The predicted octanol–water partition coefficient (Wildman–Crippen LogP) is -15.4. The number of ether oxygens (including phenoxy) is 1. The zero-order valence-corrected chi connectivity index (χ0v) is 25.3. The molecule has 0 aromatic rings. The van der Waals surface area contributed by atoms with E-state index in [0.29, 0.717) is 6.61 Å². The van der Waals surface area contributed by atoms with Crippen LogP contribution in [0.5, 0.6) is 0 Å². The van der Waals surface area contributed by atoms with Crippen LogP contribution in [0.3, 0.4) is 0 Å². The summed E-state index contributed by atoms with van der Waals surface area (Å²) in [5.74, 6) is -11.0. The first-order valence-electron chi connectivity index (χ1n) is 7.98. The van der Waals surface area contributed by atoms with Gasteiger partial charge in [0.05, 0.1) is 25.4 Å². The predicted molar refractivity (Wildman–Crippen MR) is 87.5 cm³/mol. The molecule has 0 aliphatic heterocycles. The van der Waals surface area contributed by atoms with Crippen LogP contribution in [-0.4, -0.2) is 85.3 Å². The Balaban J connectivity index is -0.0000000916. The molecule has 0 aromatic heterocycles. The van der Waals surface area contributed by atoms with Crippen LogP contribution in [0.2, 0.25) is 0 Å². The van der Waals surface area contributed by atoms with Gasteiger partial charge in [0.25, 0.3) is 0 Å². The second-order valence-electron chi connectivity index (χ2n) is 5.65. The number of carbonyl (C=O) groups excluding carboxylic acids is 4. The van der Waals surface area contributed by atoms with E-state index >= 15 is 0 Å². The normalized spacial score (nSPS) is 9.34. The van der Waals surface area contributed by atoms with Crippen LogP contribution in [0, 0.1) is 0 Å². The van der Waals surface area contributed by atoms with Crippen molar-refractivity contribution in [2.24, 2.45) is 5.73 Å². The van der Waals surface area contributed by atoms with Gasteiger partial charge in [0.2, 0.25) is 0 Å². The number of aliphatic carboxylic acids is 6. The minimum absolute atomic E-state index is 0. The molecule has 1 amide bonds. The summed E-state index contributed by atoms with van der Waals surface area (Å²) in [6.07, 6.45) is -5.71. The molecule has 0 aliphatic carbocycles. The third-order valence-electron chi connectivity index (χ3n) is 2.83. The van der Waals surface area contributed by atoms with E-state index in [9.17, 15) is 48.9 Å². The molecular formula is C15H20NNa3O16. The average Bonchev–Trinajstić information content (AvgIpc) is 2.52. The largest absolute Gasteiger partial charge is 1.00 e. The Kier molecular flexibility index (Phi) is 31.6. The fraction of sp³-hybridized carbons (Fsp3) is 0.533. The Morgan fingerprint density at radius 1 is 0.714 bits per heavy atom. The van der Waals surface area contributed by atoms with E-state index < -0.39 is 78.8 Å². The van der Waals surface area contributed by atoms with Crippen molar-refractivity contribution in [1.82, 2.24) is 0 Å². The van der Waals surface area contributed by atoms with Crippen LogP contribution in [0.25, 0.3) is 0 Å². The number of rotatable bonds is 11. The van der Waals surface area contributed by atoms with Gasteiger partial charge >= 0.3 is 113 Å². The average molecular weight is 539 g/mol. The Bertz CT molecular complexity index is 645. The molecule has 0 fully saturated rings. The molecule has 0 rings (SSSR count). The standard InChI is InChI=1S/2C6H8O7.C3H7NO2.3Na/c2*7-3(8)1-6(13,5(11)12)2-4(9)10;1-2-6-3(4)5;;;/h2*13H,1-2H2,(H,7,8)(H,9,10)(H,11,12);2H2,1H3,(H2,4,5);;;/q;;;3*+1/p-3. The van der Waals surface area contributed by atoms with E-state index in [0.717, 1.165) is 0 Å². The monoisotopic (exact) mass is 539 g/mol. The molecule has 0 spiro atoms. The zero-order valence-electron chi connectivity index (χ0n) is 19.3. The fourth-order valence-corrected chi connectivity index (χ4v) is 1.54. The van der Waals surface area contributed by atoms with Crippen molar-refractivity contribution in [3.63, 3.8) is 0 Å². The van der Waals surface area contributed by atoms with Crippen molar-refractivity contribution >= 4 is 41.9 Å². The van der Waals surface area contributed by atoms with Crippen LogP contribution >= 0.6 is 0 Å². The van der Waals surface area contributed by atoms with Crippen molar-refractivity contribution in [2.45, 2.75) is 43.8 Å². The van der Waals surface area contributed by atoms with E-state index in [-0.39, 0.29) is 88.7 Å². The van der Waals surface area contributed by atoms with Crippen LogP contribution in [-0.2, 0) is 33.5 Å². The summed E-state index contributed by atoms with van der Waals surface area (Å²) in [7, 11) is 0. The van der Waals surface area contributed by atoms with E-state index in [1.807, 2.05) is 0 Å². The van der Waals surface area contributed by atoms with E-state index in [4.69, 9.17) is 25.5 Å². The van der Waals surface area contributed by atoms with Gasteiger partial charge in [0.1, 0.15) is 5.60 Å². The first-order chi connectivity index (χ1) is 14.3. The van der Waals surface area contributed by atoms with Crippen molar-refractivity contribution < 1.29 is 168 Å². The molecule has 35 heavy (non-hydrogen) atoms. The van der Waals surface area contributed by atoms with Gasteiger partial charge < -0.3 is 65.7 Å². The molecule has 0 bridgehead atoms. The van der Waals surface area contributed by atoms with Crippen molar-refractivity contribution in [3.05, 3.63) is 0 Å². The first kappa shape index (κ1) is 47.2. The van der Waals surface area contributed by atoms with Crippen molar-refractivity contribution in [1.29, 1.82) is 0 Å². The number of hydrogen-bond acceptors (Lipinski definition) is 13. The van der Waals surface area contributed by atoms with Crippen LogP contribution in [0.4, 0.5) is 4.79 Å². The SMILES string of the molecule is CCOC(N)=O.O=C(O)CC(O)(CC(=O)O)C(=O)O.O=C([O-])CC(O)(CC(=O)[O-])C(=O)[O-].[Na+].[Na+].[Na+]. The summed E-state index contributed by atoms with van der Waals surface area (Å²) in [6.45, 7) is 2.06. The van der Waals surface area contributed by atoms with Crippen molar-refractivity contribution in [3.8, 4) is 0 Å². The minimum Gasteiger partial charge on any atom is -0.550 e. The number of amides is 1. The Labute approximate surface area is 263 Å². The molecular weight excluding hydrogens is 519 g/mol. The number of primary amides is 1. The maximum Gasteiger partial charge on any atom is 1.00 e. The van der Waals surface area contributed by atoms with E-state index in [1.54, 1.807) is 6.92 Å². The maximum absolute atomic E-state index is 10.3. The van der Waals surface area contributed by atoms with Crippen molar-refractivity contribution in [2.75, 3.05) is 6.61 Å². The summed E-state index contributed by atoms with van der Waals surface area (Å²) in [6, 6.07) is 0. The zero-order chi connectivity index (χ0) is 26.3. The summed E-state index contributed by atoms with van der Waals surface area (Å²) >= 11 is 0. The Morgan fingerprint density at radius 2 is 1.03 bits per heavy atom. The number of carboxylic acids is 6. The number of carboxylic acid groups (broad SMARTS) is 6. The van der Waals surface area contributed by atoms with Gasteiger partial charge in [-0.05, 0) is 6.92 Å². The van der Waals surface area contributed by atoms with Gasteiger partial charge in [-0.25, -0.2) is 9.59 Å². The summed E-state index contributed by atoms with van der Waals surface area (Å²) < 4.78 is 4.18. The van der Waals surface area contributed by atoms with Gasteiger partial charge in [0.15, 0.2) is 5.60 Å². The summed E-state index contributed by atoms with van der Waals surface area (Å²) in [5.41, 5.74) is -1.17. The molecule has 20 heteroatoms. The molecule has 17 nitrogen and oxygen atoms in total. The molecule has 0 radical (unpaired) electrons. The molecule has 0 aromatic carbocycles. The first-order valence-corrected chi connectivity index (χ1v) is 7.98. The van der Waals surface area contributed by atoms with Gasteiger partial charge in [-0.15, -0.1) is 0 Å².